The van der Waals surface area contributed by atoms with Gasteiger partial charge in [0.25, 0.3) is 0 Å². The van der Waals surface area contributed by atoms with Crippen LogP contribution >= 0.6 is 0 Å². The molecule has 15 heteroatoms. The van der Waals surface area contributed by atoms with E-state index in [1.165, 1.54) is 20.8 Å². The fourth-order valence-electron chi connectivity index (χ4n) is 5.70. The van der Waals surface area contributed by atoms with Crippen LogP contribution in [0.4, 0.5) is 4.79 Å². The molecule has 0 unspecified atom stereocenters. The van der Waals surface area contributed by atoms with Gasteiger partial charge in [0, 0.05) is 20.8 Å². The summed E-state index contributed by atoms with van der Waals surface area (Å²) in [4.78, 5) is 49.8. The van der Waals surface area contributed by atoms with E-state index >= 15 is 0 Å². The second kappa shape index (κ2) is 10.5. The highest BCUT2D eigenvalue weighted by Gasteiger charge is 2.64. The number of fused-ring (bicyclic) bond motifs is 2. The second-order valence-electron chi connectivity index (χ2n) is 11.2. The molecule has 0 aliphatic carbocycles. The molecule has 5 saturated heterocycles. The molecule has 15 nitrogen and oxygen atoms in total. The molecule has 0 bridgehead atoms. The molecule has 5 aliphatic rings. The van der Waals surface area contributed by atoms with Gasteiger partial charge in [-0.25, -0.2) is 9.69 Å². The Labute approximate surface area is 230 Å². The van der Waals surface area contributed by atoms with Gasteiger partial charge >= 0.3 is 18.0 Å². The van der Waals surface area contributed by atoms with Crippen molar-refractivity contribution in [3.8, 4) is 0 Å². The molecule has 40 heavy (non-hydrogen) atoms. The zero-order valence-electron chi connectivity index (χ0n) is 23.4. The van der Waals surface area contributed by atoms with Crippen molar-refractivity contribution in [1.29, 1.82) is 0 Å². The van der Waals surface area contributed by atoms with Gasteiger partial charge in [0.1, 0.15) is 43.2 Å². The van der Waals surface area contributed by atoms with Crippen LogP contribution in [-0.4, -0.2) is 115 Å². The predicted octanol–water partition coefficient (Wildman–Crippen LogP) is 0.355. The average molecular weight is 574 g/mol. The van der Waals surface area contributed by atoms with Gasteiger partial charge in [0.2, 0.25) is 5.91 Å². The van der Waals surface area contributed by atoms with Gasteiger partial charge in [-0.05, 0) is 27.7 Å². The number of imide groups is 1. The molecule has 10 atom stereocenters. The number of hydrogen-bond donors (Lipinski definition) is 0. The van der Waals surface area contributed by atoms with Gasteiger partial charge in [-0.2, -0.15) is 0 Å². The maximum atomic E-state index is 12.8. The van der Waals surface area contributed by atoms with E-state index in [1.54, 1.807) is 27.7 Å². The highest BCUT2D eigenvalue weighted by Crippen LogP contribution is 2.44. The third-order valence-electron chi connectivity index (χ3n) is 7.15. The lowest BCUT2D eigenvalue weighted by Gasteiger charge is -2.43. The van der Waals surface area contributed by atoms with Gasteiger partial charge in [0.15, 0.2) is 36.4 Å². The summed E-state index contributed by atoms with van der Waals surface area (Å²) in [5.41, 5.74) is 0. The van der Waals surface area contributed by atoms with Crippen molar-refractivity contribution in [2.24, 2.45) is 0 Å². The number of amides is 2. The Morgan fingerprint density at radius 2 is 1.62 bits per heavy atom. The van der Waals surface area contributed by atoms with Crippen molar-refractivity contribution in [3.05, 3.63) is 0 Å². The Morgan fingerprint density at radius 1 is 0.900 bits per heavy atom. The van der Waals surface area contributed by atoms with Crippen molar-refractivity contribution >= 4 is 23.9 Å². The molecule has 0 aromatic rings. The van der Waals surface area contributed by atoms with Crippen LogP contribution in [0.25, 0.3) is 0 Å². The molecule has 5 rings (SSSR count). The first kappa shape index (κ1) is 29.1. The van der Waals surface area contributed by atoms with E-state index < -0.39 is 96.9 Å². The molecule has 0 aromatic heterocycles. The van der Waals surface area contributed by atoms with Crippen molar-refractivity contribution in [2.75, 3.05) is 13.2 Å². The fourth-order valence-corrected chi connectivity index (χ4v) is 5.70. The van der Waals surface area contributed by atoms with Crippen LogP contribution in [0.1, 0.15) is 48.5 Å². The second-order valence-corrected chi connectivity index (χ2v) is 11.2. The number of hydrogen-bond acceptors (Lipinski definition) is 14. The standard InChI is InChI=1S/C25H35NO14/c1-10(27)26-15-18(37-23(26)30)16(33-12(3)29)13(8-31-11(2)28)34-21(15)36-19-17(14-9-32-24(4,5)38-14)35-22-20(19)39-25(6,7)40-22/h13-22H,8-9H2,1-7H3/t13-,14+,15-,16-,17+,18-,19+,20+,21+,22+/m1/s1. The molecule has 0 N–H and O–H groups in total. The molecule has 2 amide bonds. The Morgan fingerprint density at radius 3 is 2.23 bits per heavy atom. The smallest absolute Gasteiger partial charge is 0.417 e. The molecule has 0 aromatic carbocycles. The lowest BCUT2D eigenvalue weighted by molar-refractivity contribution is -0.301. The number of ether oxygens (including phenoxy) is 10. The summed E-state index contributed by atoms with van der Waals surface area (Å²) in [6, 6.07) is -1.16. The Bertz CT molecular complexity index is 1050. The summed E-state index contributed by atoms with van der Waals surface area (Å²) >= 11 is 0. The first-order valence-electron chi connectivity index (χ1n) is 13.1. The third kappa shape index (κ3) is 5.55. The highest BCUT2D eigenvalue weighted by molar-refractivity contribution is 5.92. The zero-order chi connectivity index (χ0) is 29.1. The summed E-state index contributed by atoms with van der Waals surface area (Å²) in [5, 5.41) is 0. The maximum Gasteiger partial charge on any atom is 0.417 e. The van der Waals surface area contributed by atoms with Gasteiger partial charge in [-0.1, -0.05) is 0 Å². The predicted molar refractivity (Wildman–Crippen MR) is 126 cm³/mol. The minimum atomic E-state index is -1.33. The molecule has 5 heterocycles. The van der Waals surface area contributed by atoms with Gasteiger partial charge in [0.05, 0.1) is 6.61 Å². The minimum absolute atomic E-state index is 0.197. The molecule has 0 saturated carbocycles. The maximum absolute atomic E-state index is 12.8. The van der Waals surface area contributed by atoms with Crippen LogP contribution in [0.5, 0.6) is 0 Å². The van der Waals surface area contributed by atoms with Crippen LogP contribution in [-0.2, 0) is 61.8 Å². The largest absolute Gasteiger partial charge is 0.463 e. The summed E-state index contributed by atoms with van der Waals surface area (Å²) in [6.45, 7) is 10.4. The number of rotatable bonds is 6. The Balaban J connectivity index is 1.48. The van der Waals surface area contributed by atoms with Crippen molar-refractivity contribution in [3.63, 3.8) is 0 Å². The Kier molecular flexibility index (Phi) is 7.61. The molecular formula is C25H35NO14. The van der Waals surface area contributed by atoms with Crippen molar-refractivity contribution in [1.82, 2.24) is 4.90 Å². The summed E-state index contributed by atoms with van der Waals surface area (Å²) < 4.78 is 58.8. The average Bonchev–Trinajstić information content (AvgIpc) is 3.53. The molecule has 5 aliphatic heterocycles. The Hall–Kier alpha value is -2.40. The molecule has 224 valence electrons. The van der Waals surface area contributed by atoms with E-state index in [-0.39, 0.29) is 13.2 Å². The normalized spacial score (nSPS) is 41.3. The third-order valence-corrected chi connectivity index (χ3v) is 7.15. The van der Waals surface area contributed by atoms with Crippen LogP contribution in [0.2, 0.25) is 0 Å². The van der Waals surface area contributed by atoms with E-state index in [2.05, 4.69) is 0 Å². The lowest BCUT2D eigenvalue weighted by atomic mass is 9.96. The van der Waals surface area contributed by atoms with Gasteiger partial charge < -0.3 is 47.4 Å². The van der Waals surface area contributed by atoms with E-state index in [9.17, 15) is 19.2 Å². The molecular weight excluding hydrogens is 538 g/mol. The first-order valence-corrected chi connectivity index (χ1v) is 13.1. The van der Waals surface area contributed by atoms with E-state index in [0.29, 0.717) is 0 Å². The number of carbonyl (C=O) groups excluding carboxylic acids is 4. The summed E-state index contributed by atoms with van der Waals surface area (Å²) in [5.74, 6) is -3.79. The molecule has 0 radical (unpaired) electrons. The van der Waals surface area contributed by atoms with E-state index in [1.807, 2.05) is 0 Å². The zero-order valence-corrected chi connectivity index (χ0v) is 23.4. The highest BCUT2D eigenvalue weighted by atomic mass is 16.9. The van der Waals surface area contributed by atoms with E-state index in [4.69, 9.17) is 47.4 Å². The van der Waals surface area contributed by atoms with Crippen LogP contribution in [0, 0.1) is 0 Å². The quantitative estimate of drug-likeness (QED) is 0.316. The molecule has 0 spiro atoms. The number of nitrogens with zero attached hydrogens (tertiary/aromatic N) is 1. The lowest BCUT2D eigenvalue weighted by Crippen LogP contribution is -2.64. The van der Waals surface area contributed by atoms with E-state index in [0.717, 1.165) is 4.90 Å². The van der Waals surface area contributed by atoms with Crippen LogP contribution in [0.15, 0.2) is 0 Å². The number of carbonyl (C=O) groups is 4. The number of esters is 2. The SMILES string of the molecule is CC(=O)OC[C@H]1O[C@@H](O[C@@H]2[C@@H]3OC(C)(C)O[C@@H]3O[C@H]2[C@@H]2COC(C)(C)O2)[C@H]2[C@@H](OC(=O)N2C(C)=O)[C@@H]1OC(C)=O. The van der Waals surface area contributed by atoms with Gasteiger partial charge in [-0.3, -0.25) is 14.4 Å². The topological polar surface area (TPSA) is 164 Å². The van der Waals surface area contributed by atoms with Gasteiger partial charge in [-0.15, -0.1) is 0 Å². The summed E-state index contributed by atoms with van der Waals surface area (Å²) in [7, 11) is 0. The van der Waals surface area contributed by atoms with Crippen LogP contribution in [0.3, 0.4) is 0 Å². The van der Waals surface area contributed by atoms with Crippen LogP contribution < -0.4 is 0 Å². The van der Waals surface area contributed by atoms with Crippen molar-refractivity contribution in [2.45, 2.75) is 121 Å². The monoisotopic (exact) mass is 573 g/mol. The molecule has 5 fully saturated rings. The van der Waals surface area contributed by atoms with Crippen molar-refractivity contribution < 1.29 is 66.5 Å². The minimum Gasteiger partial charge on any atom is -0.463 e. The fraction of sp³-hybridized carbons (Fsp3) is 0.840. The summed E-state index contributed by atoms with van der Waals surface area (Å²) in [6.07, 6.45) is -9.53. The first-order chi connectivity index (χ1) is 18.7.